The fourth-order valence-corrected chi connectivity index (χ4v) is 4.26. The van der Waals surface area contributed by atoms with Crippen molar-refractivity contribution < 1.29 is 22.6 Å². The molecule has 0 saturated carbocycles. The van der Waals surface area contributed by atoms with Crippen LogP contribution in [0.5, 0.6) is 0 Å². The number of nitrogens with zero attached hydrogens (tertiary/aromatic N) is 3. The van der Waals surface area contributed by atoms with Crippen LogP contribution in [-0.4, -0.2) is 54.6 Å². The number of carbonyl (C=O) groups excluding carboxylic acids is 1. The Morgan fingerprint density at radius 2 is 1.88 bits per heavy atom. The van der Waals surface area contributed by atoms with Crippen molar-refractivity contribution in [1.29, 1.82) is 0 Å². The number of nitro groups is 1. The van der Waals surface area contributed by atoms with E-state index in [4.69, 9.17) is 16.0 Å². The van der Waals surface area contributed by atoms with Gasteiger partial charge < -0.3 is 9.32 Å². The second-order valence-electron chi connectivity index (χ2n) is 5.54. The highest BCUT2D eigenvalue weighted by Crippen LogP contribution is 2.29. The highest BCUT2D eigenvalue weighted by atomic mass is 35.5. The molecule has 2 heterocycles. The molecule has 26 heavy (non-hydrogen) atoms. The second-order valence-corrected chi connectivity index (χ2v) is 7.89. The van der Waals surface area contributed by atoms with E-state index < -0.39 is 20.6 Å². The predicted octanol–water partition coefficient (Wildman–Crippen LogP) is 1.99. The van der Waals surface area contributed by atoms with Crippen molar-refractivity contribution in [3.8, 4) is 0 Å². The maximum absolute atomic E-state index is 12.7. The van der Waals surface area contributed by atoms with Gasteiger partial charge in [-0.1, -0.05) is 11.6 Å². The largest absolute Gasteiger partial charge is 0.459 e. The fourth-order valence-electron chi connectivity index (χ4n) is 2.63. The summed E-state index contributed by atoms with van der Waals surface area (Å²) in [6.45, 7) is 0.527. The molecule has 0 radical (unpaired) electrons. The van der Waals surface area contributed by atoms with Gasteiger partial charge in [0.25, 0.3) is 11.6 Å². The molecule has 1 amide bonds. The number of furan rings is 1. The van der Waals surface area contributed by atoms with E-state index >= 15 is 0 Å². The number of sulfonamides is 1. The Kier molecular flexibility index (Phi) is 4.99. The molecule has 1 fully saturated rings. The Morgan fingerprint density at radius 1 is 1.19 bits per heavy atom. The molecule has 0 unspecified atom stereocenters. The van der Waals surface area contributed by atoms with Gasteiger partial charge in [-0.25, -0.2) is 8.42 Å². The van der Waals surface area contributed by atoms with Crippen LogP contribution in [0.25, 0.3) is 0 Å². The van der Waals surface area contributed by atoms with Crippen LogP contribution < -0.4 is 0 Å². The average Bonchev–Trinajstić information content (AvgIpc) is 3.16. The molecule has 1 aromatic heterocycles. The lowest BCUT2D eigenvalue weighted by molar-refractivity contribution is -0.384. The van der Waals surface area contributed by atoms with Crippen LogP contribution in [0.15, 0.2) is 45.9 Å². The topological polar surface area (TPSA) is 114 Å². The molecule has 1 saturated heterocycles. The van der Waals surface area contributed by atoms with E-state index in [0.29, 0.717) is 0 Å². The van der Waals surface area contributed by atoms with Gasteiger partial charge in [0.2, 0.25) is 10.0 Å². The van der Waals surface area contributed by atoms with Crippen LogP contribution >= 0.6 is 11.6 Å². The molecule has 0 atom stereocenters. The van der Waals surface area contributed by atoms with Crippen molar-refractivity contribution in [2.45, 2.75) is 4.90 Å². The Bertz CT molecular complexity index is 936. The van der Waals surface area contributed by atoms with Gasteiger partial charge in [-0.3, -0.25) is 14.9 Å². The first-order valence-corrected chi connectivity index (χ1v) is 9.39. The molecular weight excluding hydrogens is 386 g/mol. The number of hydrogen-bond acceptors (Lipinski definition) is 6. The zero-order valence-electron chi connectivity index (χ0n) is 13.4. The van der Waals surface area contributed by atoms with Crippen molar-refractivity contribution >= 4 is 33.2 Å². The zero-order valence-corrected chi connectivity index (χ0v) is 14.9. The van der Waals surface area contributed by atoms with Crippen LogP contribution in [0.1, 0.15) is 10.6 Å². The molecule has 9 nitrogen and oxygen atoms in total. The number of rotatable bonds is 4. The highest BCUT2D eigenvalue weighted by molar-refractivity contribution is 7.89. The number of piperazine rings is 1. The number of halogens is 1. The first kappa shape index (κ1) is 18.4. The number of nitro benzene ring substituents is 1. The molecule has 0 N–H and O–H groups in total. The molecule has 0 spiro atoms. The molecule has 0 aliphatic carbocycles. The van der Waals surface area contributed by atoms with Crippen molar-refractivity contribution in [2.75, 3.05) is 26.2 Å². The van der Waals surface area contributed by atoms with Gasteiger partial charge in [0.15, 0.2) is 5.76 Å². The van der Waals surface area contributed by atoms with Crippen LogP contribution in [0.4, 0.5) is 5.69 Å². The van der Waals surface area contributed by atoms with E-state index in [2.05, 4.69) is 0 Å². The highest BCUT2D eigenvalue weighted by Gasteiger charge is 2.32. The van der Waals surface area contributed by atoms with Gasteiger partial charge in [0.1, 0.15) is 5.02 Å². The maximum Gasteiger partial charge on any atom is 0.289 e. The van der Waals surface area contributed by atoms with Crippen LogP contribution in [0, 0.1) is 10.1 Å². The molecule has 138 valence electrons. The summed E-state index contributed by atoms with van der Waals surface area (Å²) in [5.74, 6) is -0.121. The summed E-state index contributed by atoms with van der Waals surface area (Å²) in [5, 5.41) is 10.8. The summed E-state index contributed by atoms with van der Waals surface area (Å²) in [7, 11) is -3.93. The monoisotopic (exact) mass is 399 g/mol. The number of carbonyl (C=O) groups is 1. The normalized spacial score (nSPS) is 15.8. The zero-order chi connectivity index (χ0) is 18.9. The molecule has 2 aromatic rings. The molecule has 3 rings (SSSR count). The van der Waals surface area contributed by atoms with Crippen LogP contribution in [-0.2, 0) is 10.0 Å². The minimum absolute atomic E-state index is 0.0746. The smallest absolute Gasteiger partial charge is 0.289 e. The lowest BCUT2D eigenvalue weighted by Gasteiger charge is -2.33. The Hall–Kier alpha value is -2.43. The summed E-state index contributed by atoms with van der Waals surface area (Å²) >= 11 is 5.73. The Labute approximate surface area is 153 Å². The van der Waals surface area contributed by atoms with Gasteiger partial charge in [-0.15, -0.1) is 0 Å². The third-order valence-electron chi connectivity index (χ3n) is 4.01. The molecule has 1 aliphatic rings. The van der Waals surface area contributed by atoms with Crippen molar-refractivity contribution in [2.24, 2.45) is 0 Å². The predicted molar refractivity (Wildman–Crippen MR) is 91.5 cm³/mol. The van der Waals surface area contributed by atoms with E-state index in [9.17, 15) is 23.3 Å². The van der Waals surface area contributed by atoms with Crippen molar-refractivity contribution in [3.05, 3.63) is 57.5 Å². The molecular formula is C15H14ClN3O6S. The van der Waals surface area contributed by atoms with E-state index in [1.54, 1.807) is 6.07 Å². The maximum atomic E-state index is 12.7. The number of amides is 1. The van der Waals surface area contributed by atoms with Crippen molar-refractivity contribution in [3.63, 3.8) is 0 Å². The summed E-state index contributed by atoms with van der Waals surface area (Å²) in [6.07, 6.45) is 1.39. The number of benzene rings is 1. The molecule has 1 aromatic carbocycles. The minimum Gasteiger partial charge on any atom is -0.459 e. The Morgan fingerprint density at radius 3 is 2.46 bits per heavy atom. The summed E-state index contributed by atoms with van der Waals surface area (Å²) in [5.41, 5.74) is -0.473. The van der Waals surface area contributed by atoms with Crippen LogP contribution in [0.3, 0.4) is 0 Å². The Balaban J connectivity index is 1.75. The fraction of sp³-hybridized carbons (Fsp3) is 0.267. The van der Waals surface area contributed by atoms with Crippen LogP contribution in [0.2, 0.25) is 5.02 Å². The standard InChI is InChI=1S/C15H14ClN3O6S/c16-12-4-3-11(10-13(12)19(21)22)26(23,24)18-7-5-17(6-8-18)15(20)14-2-1-9-25-14/h1-4,9-10H,5-8H2. The van der Waals surface area contributed by atoms with Crippen molar-refractivity contribution in [1.82, 2.24) is 9.21 Å². The third kappa shape index (κ3) is 3.43. The molecule has 0 bridgehead atoms. The van der Waals surface area contributed by atoms with E-state index in [1.165, 1.54) is 33.7 Å². The van der Waals surface area contributed by atoms with Gasteiger partial charge >= 0.3 is 0 Å². The van der Waals surface area contributed by atoms with Gasteiger partial charge in [0, 0.05) is 32.2 Å². The first-order valence-electron chi connectivity index (χ1n) is 7.57. The SMILES string of the molecule is O=C(c1ccco1)N1CCN(S(=O)(=O)c2ccc(Cl)c([N+](=O)[O-])c2)CC1. The quantitative estimate of drug-likeness (QED) is 0.573. The first-order chi connectivity index (χ1) is 12.3. The third-order valence-corrected chi connectivity index (χ3v) is 6.22. The van der Waals surface area contributed by atoms with Gasteiger partial charge in [-0.2, -0.15) is 4.31 Å². The summed E-state index contributed by atoms with van der Waals surface area (Å²) < 4.78 is 31.7. The lowest BCUT2D eigenvalue weighted by Crippen LogP contribution is -2.50. The van der Waals surface area contributed by atoms with E-state index in [-0.39, 0.29) is 47.8 Å². The molecule has 1 aliphatic heterocycles. The number of hydrogen-bond donors (Lipinski definition) is 0. The summed E-state index contributed by atoms with van der Waals surface area (Å²) in [6, 6.07) is 6.49. The van der Waals surface area contributed by atoms with Gasteiger partial charge in [-0.05, 0) is 24.3 Å². The molecule has 11 heteroatoms. The van der Waals surface area contributed by atoms with E-state index in [0.717, 1.165) is 6.07 Å². The summed E-state index contributed by atoms with van der Waals surface area (Å²) in [4.78, 5) is 23.7. The minimum atomic E-state index is -3.93. The van der Waals surface area contributed by atoms with E-state index in [1.807, 2.05) is 0 Å². The average molecular weight is 400 g/mol. The second kappa shape index (κ2) is 7.06. The van der Waals surface area contributed by atoms with Gasteiger partial charge in [0.05, 0.1) is 16.1 Å². The lowest BCUT2D eigenvalue weighted by atomic mass is 10.3.